The Bertz CT molecular complexity index is 348. The van der Waals surface area contributed by atoms with Crippen molar-refractivity contribution in [2.24, 2.45) is 5.73 Å². The zero-order valence-corrected chi connectivity index (χ0v) is 9.85. The molecule has 1 heterocycles. The molecule has 1 aromatic carbocycles. The molecule has 0 bridgehead atoms. The molecule has 2 unspecified atom stereocenters. The minimum Gasteiger partial charge on any atom is -0.376 e. The van der Waals surface area contributed by atoms with E-state index in [1.807, 2.05) is 19.1 Å². The molecule has 1 aliphatic rings. The maximum absolute atomic E-state index is 6.00. The van der Waals surface area contributed by atoms with Gasteiger partial charge in [-0.3, -0.25) is 0 Å². The molecule has 2 N–H and O–H groups in total. The summed E-state index contributed by atoms with van der Waals surface area (Å²) in [5, 5.41) is 0. The van der Waals surface area contributed by atoms with Crippen molar-refractivity contribution in [3.8, 4) is 0 Å². The summed E-state index contributed by atoms with van der Waals surface area (Å²) in [6, 6.07) is 8.22. The zero-order valence-electron chi connectivity index (χ0n) is 9.85. The topological polar surface area (TPSA) is 44.5 Å². The molecule has 1 saturated heterocycles. The Morgan fingerprint density at radius 1 is 1.38 bits per heavy atom. The van der Waals surface area contributed by atoms with Gasteiger partial charge in [-0.05, 0) is 25.0 Å². The van der Waals surface area contributed by atoms with Crippen LogP contribution in [0.3, 0.4) is 0 Å². The zero-order chi connectivity index (χ0) is 11.5. The van der Waals surface area contributed by atoms with Gasteiger partial charge in [-0.15, -0.1) is 0 Å². The number of nitrogens with two attached hydrogens (primary N) is 1. The standard InChI is InChI=1S/C13H19NO2/c1-9-5-3-4-6-12(9)13(10(2)14)16-11-7-15-8-11/h3-6,10-11,13H,7-8,14H2,1-2H3. The van der Waals surface area contributed by atoms with Gasteiger partial charge >= 0.3 is 0 Å². The third-order valence-corrected chi connectivity index (χ3v) is 2.92. The minimum atomic E-state index is -0.0323. The lowest BCUT2D eigenvalue weighted by molar-refractivity contribution is -0.159. The maximum Gasteiger partial charge on any atom is 0.105 e. The summed E-state index contributed by atoms with van der Waals surface area (Å²) >= 11 is 0. The number of hydrogen-bond acceptors (Lipinski definition) is 3. The first kappa shape index (κ1) is 11.6. The molecular weight excluding hydrogens is 202 g/mol. The van der Waals surface area contributed by atoms with Crippen LogP contribution in [0.15, 0.2) is 24.3 Å². The lowest BCUT2D eigenvalue weighted by atomic mass is 9.99. The molecule has 2 atom stereocenters. The highest BCUT2D eigenvalue weighted by atomic mass is 16.6. The second-order valence-corrected chi connectivity index (χ2v) is 4.43. The monoisotopic (exact) mass is 221 g/mol. The summed E-state index contributed by atoms with van der Waals surface area (Å²) in [6.45, 7) is 5.45. The average Bonchev–Trinajstić information content (AvgIpc) is 2.18. The SMILES string of the molecule is Cc1ccccc1C(OC1COC1)C(C)N. The Morgan fingerprint density at radius 2 is 2.06 bits per heavy atom. The van der Waals surface area contributed by atoms with Crippen LogP contribution in [0.2, 0.25) is 0 Å². The fraction of sp³-hybridized carbons (Fsp3) is 0.538. The van der Waals surface area contributed by atoms with E-state index in [4.69, 9.17) is 15.2 Å². The van der Waals surface area contributed by atoms with Gasteiger partial charge in [0.15, 0.2) is 0 Å². The van der Waals surface area contributed by atoms with E-state index in [1.54, 1.807) is 0 Å². The Balaban J connectivity index is 2.14. The molecule has 0 spiro atoms. The van der Waals surface area contributed by atoms with Crippen molar-refractivity contribution in [3.05, 3.63) is 35.4 Å². The number of rotatable bonds is 4. The number of aryl methyl sites for hydroxylation is 1. The lowest BCUT2D eigenvalue weighted by Crippen LogP contribution is -2.40. The van der Waals surface area contributed by atoms with E-state index in [-0.39, 0.29) is 18.2 Å². The van der Waals surface area contributed by atoms with Gasteiger partial charge in [0.25, 0.3) is 0 Å². The Hall–Kier alpha value is -0.900. The molecular formula is C13H19NO2. The van der Waals surface area contributed by atoms with Gasteiger partial charge in [-0.2, -0.15) is 0 Å². The molecule has 1 aromatic rings. The molecule has 0 saturated carbocycles. The summed E-state index contributed by atoms with van der Waals surface area (Å²) in [4.78, 5) is 0. The highest BCUT2D eigenvalue weighted by Gasteiger charge is 2.27. The van der Waals surface area contributed by atoms with Gasteiger partial charge in [0.2, 0.25) is 0 Å². The molecule has 0 aromatic heterocycles. The normalized spacial score (nSPS) is 20.2. The number of hydrogen-bond donors (Lipinski definition) is 1. The molecule has 3 nitrogen and oxygen atoms in total. The summed E-state index contributed by atoms with van der Waals surface area (Å²) < 4.78 is 11.1. The highest BCUT2D eigenvalue weighted by Crippen LogP contribution is 2.26. The van der Waals surface area contributed by atoms with Crippen LogP contribution in [0, 0.1) is 6.92 Å². The molecule has 3 heteroatoms. The third-order valence-electron chi connectivity index (χ3n) is 2.92. The van der Waals surface area contributed by atoms with Crippen molar-refractivity contribution in [2.75, 3.05) is 13.2 Å². The molecule has 88 valence electrons. The van der Waals surface area contributed by atoms with Crippen LogP contribution in [0.4, 0.5) is 0 Å². The van der Waals surface area contributed by atoms with Gasteiger partial charge in [0, 0.05) is 6.04 Å². The summed E-state index contributed by atoms with van der Waals surface area (Å²) in [7, 11) is 0. The van der Waals surface area contributed by atoms with Crippen LogP contribution in [-0.4, -0.2) is 25.4 Å². The van der Waals surface area contributed by atoms with Gasteiger partial charge in [0.05, 0.1) is 19.3 Å². The van der Waals surface area contributed by atoms with Crippen LogP contribution in [0.25, 0.3) is 0 Å². The highest BCUT2D eigenvalue weighted by molar-refractivity contribution is 5.28. The lowest BCUT2D eigenvalue weighted by Gasteiger charge is -2.33. The van der Waals surface area contributed by atoms with Crippen LogP contribution in [0.1, 0.15) is 24.2 Å². The summed E-state index contributed by atoms with van der Waals surface area (Å²) in [5.74, 6) is 0. The first-order valence-electron chi connectivity index (χ1n) is 5.73. The van der Waals surface area contributed by atoms with E-state index in [0.29, 0.717) is 13.2 Å². The first-order chi connectivity index (χ1) is 7.68. The fourth-order valence-electron chi connectivity index (χ4n) is 1.89. The predicted molar refractivity (Wildman–Crippen MR) is 63.3 cm³/mol. The summed E-state index contributed by atoms with van der Waals surface area (Å²) in [5.41, 5.74) is 8.41. The van der Waals surface area contributed by atoms with Crippen molar-refractivity contribution in [2.45, 2.75) is 32.1 Å². The van der Waals surface area contributed by atoms with Crippen molar-refractivity contribution in [3.63, 3.8) is 0 Å². The van der Waals surface area contributed by atoms with E-state index >= 15 is 0 Å². The van der Waals surface area contributed by atoms with Gasteiger partial charge < -0.3 is 15.2 Å². The fourth-order valence-corrected chi connectivity index (χ4v) is 1.89. The van der Waals surface area contributed by atoms with Crippen LogP contribution < -0.4 is 5.73 Å². The van der Waals surface area contributed by atoms with Crippen LogP contribution in [-0.2, 0) is 9.47 Å². The number of ether oxygens (including phenoxy) is 2. The largest absolute Gasteiger partial charge is 0.376 e. The van der Waals surface area contributed by atoms with Gasteiger partial charge in [-0.25, -0.2) is 0 Å². The van der Waals surface area contributed by atoms with Gasteiger partial charge in [0.1, 0.15) is 6.10 Å². The van der Waals surface area contributed by atoms with E-state index in [0.717, 1.165) is 0 Å². The van der Waals surface area contributed by atoms with E-state index in [2.05, 4.69) is 19.1 Å². The van der Waals surface area contributed by atoms with Crippen molar-refractivity contribution < 1.29 is 9.47 Å². The van der Waals surface area contributed by atoms with Crippen LogP contribution >= 0.6 is 0 Å². The molecule has 0 radical (unpaired) electrons. The van der Waals surface area contributed by atoms with Crippen LogP contribution in [0.5, 0.6) is 0 Å². The molecule has 2 rings (SSSR count). The van der Waals surface area contributed by atoms with Crippen molar-refractivity contribution in [1.29, 1.82) is 0 Å². The quantitative estimate of drug-likeness (QED) is 0.843. The molecule has 0 aliphatic carbocycles. The van der Waals surface area contributed by atoms with Crippen molar-refractivity contribution in [1.82, 2.24) is 0 Å². The second kappa shape index (κ2) is 4.95. The third kappa shape index (κ3) is 2.43. The van der Waals surface area contributed by atoms with E-state index in [1.165, 1.54) is 11.1 Å². The molecule has 16 heavy (non-hydrogen) atoms. The smallest absolute Gasteiger partial charge is 0.105 e. The van der Waals surface area contributed by atoms with E-state index in [9.17, 15) is 0 Å². The van der Waals surface area contributed by atoms with Crippen molar-refractivity contribution >= 4 is 0 Å². The Kier molecular flexibility index (Phi) is 3.59. The average molecular weight is 221 g/mol. The second-order valence-electron chi connectivity index (χ2n) is 4.43. The summed E-state index contributed by atoms with van der Waals surface area (Å²) in [6.07, 6.45) is 0.172. The predicted octanol–water partition coefficient (Wildman–Crippen LogP) is 1.80. The molecule has 1 fully saturated rings. The maximum atomic E-state index is 6.00. The Morgan fingerprint density at radius 3 is 2.56 bits per heavy atom. The molecule has 0 amide bonds. The molecule has 1 aliphatic heterocycles. The first-order valence-corrected chi connectivity index (χ1v) is 5.73. The number of benzene rings is 1. The van der Waals surface area contributed by atoms with E-state index < -0.39 is 0 Å². The minimum absolute atomic E-state index is 0.0123. The van der Waals surface area contributed by atoms with Gasteiger partial charge in [-0.1, -0.05) is 24.3 Å². The Labute approximate surface area is 96.5 Å².